The van der Waals surface area contributed by atoms with Crippen LogP contribution in [0.1, 0.15) is 24.2 Å². The first-order valence-electron chi connectivity index (χ1n) is 7.93. The lowest BCUT2D eigenvalue weighted by atomic mass is 10.2. The van der Waals surface area contributed by atoms with E-state index in [9.17, 15) is 4.79 Å². The molecule has 3 aromatic rings. The number of hydrogen-bond acceptors (Lipinski definition) is 3. The van der Waals surface area contributed by atoms with E-state index in [1.807, 2.05) is 49.7 Å². The van der Waals surface area contributed by atoms with Gasteiger partial charge in [0.2, 0.25) is 0 Å². The van der Waals surface area contributed by atoms with E-state index in [2.05, 4.69) is 9.97 Å². The number of hydrogen-bond donors (Lipinski definition) is 0. The minimum absolute atomic E-state index is 0.0284. The van der Waals surface area contributed by atoms with Crippen LogP contribution in [-0.2, 0) is 7.05 Å². The Labute approximate surface area is 145 Å². The molecule has 3 rings (SSSR count). The largest absolute Gasteiger partial charge is 0.339 e. The van der Waals surface area contributed by atoms with Crippen molar-refractivity contribution in [1.29, 1.82) is 0 Å². The summed E-state index contributed by atoms with van der Waals surface area (Å²) in [5, 5.41) is 0.635. The Bertz CT molecular complexity index is 899. The fourth-order valence-electron chi connectivity index (χ4n) is 2.77. The molecular weight excluding hydrogens is 324 g/mol. The van der Waals surface area contributed by atoms with Gasteiger partial charge in [-0.15, -0.1) is 0 Å². The Morgan fingerprint density at radius 2 is 1.96 bits per heavy atom. The number of aryl methyl sites for hydroxylation is 1. The highest BCUT2D eigenvalue weighted by molar-refractivity contribution is 6.33. The minimum atomic E-state index is -0.0284. The maximum absolute atomic E-state index is 12.5. The Balaban J connectivity index is 2.09. The molecule has 124 valence electrons. The molecule has 0 unspecified atom stereocenters. The van der Waals surface area contributed by atoms with Crippen LogP contribution in [0.5, 0.6) is 0 Å². The van der Waals surface area contributed by atoms with Gasteiger partial charge in [0, 0.05) is 31.9 Å². The van der Waals surface area contributed by atoms with Gasteiger partial charge in [-0.3, -0.25) is 4.79 Å². The number of aromatic nitrogens is 3. The molecule has 24 heavy (non-hydrogen) atoms. The molecule has 0 radical (unpaired) electrons. The number of rotatable bonds is 4. The van der Waals surface area contributed by atoms with E-state index in [4.69, 9.17) is 11.6 Å². The number of carbonyl (C=O) groups is 1. The Hall–Kier alpha value is -2.40. The van der Waals surface area contributed by atoms with Gasteiger partial charge in [0.25, 0.3) is 5.91 Å². The highest BCUT2D eigenvalue weighted by Gasteiger charge is 2.17. The first-order chi connectivity index (χ1) is 11.6. The van der Waals surface area contributed by atoms with Crippen LogP contribution in [0.25, 0.3) is 22.6 Å². The van der Waals surface area contributed by atoms with Gasteiger partial charge in [0.05, 0.1) is 10.6 Å². The van der Waals surface area contributed by atoms with Gasteiger partial charge in [-0.25, -0.2) is 9.97 Å². The molecule has 0 bridgehead atoms. The second kappa shape index (κ2) is 6.61. The molecule has 0 spiro atoms. The van der Waals surface area contributed by atoms with E-state index in [-0.39, 0.29) is 5.91 Å². The van der Waals surface area contributed by atoms with Gasteiger partial charge < -0.3 is 9.47 Å². The lowest BCUT2D eigenvalue weighted by molar-refractivity contribution is 0.0772. The van der Waals surface area contributed by atoms with Gasteiger partial charge in [-0.1, -0.05) is 23.7 Å². The van der Waals surface area contributed by atoms with Crippen LogP contribution in [-0.4, -0.2) is 38.4 Å². The fraction of sp³-hybridized carbons (Fsp3) is 0.278. The first kappa shape index (κ1) is 16.5. The molecular formula is C18H19ClN4O. The SMILES string of the molecule is CCN(CC)C(=O)c1cnc2c(c1)nc(-c1ccccc1Cl)n2C. The van der Waals surface area contributed by atoms with Crippen LogP contribution in [0.3, 0.4) is 0 Å². The van der Waals surface area contributed by atoms with Gasteiger partial charge in [0.1, 0.15) is 11.3 Å². The lowest BCUT2D eigenvalue weighted by Crippen LogP contribution is -2.30. The third kappa shape index (κ3) is 2.76. The van der Waals surface area contributed by atoms with Crippen molar-refractivity contribution in [1.82, 2.24) is 19.4 Å². The van der Waals surface area contributed by atoms with Gasteiger partial charge >= 0.3 is 0 Å². The second-order valence-corrected chi connectivity index (χ2v) is 5.93. The molecule has 6 heteroatoms. The number of halogens is 1. The molecule has 2 aromatic heterocycles. The number of pyridine rings is 1. The molecule has 0 aliphatic rings. The Kier molecular flexibility index (Phi) is 4.53. The molecule has 1 aromatic carbocycles. The third-order valence-electron chi connectivity index (χ3n) is 4.12. The zero-order valence-corrected chi connectivity index (χ0v) is 14.7. The number of nitrogens with zero attached hydrogens (tertiary/aromatic N) is 4. The quantitative estimate of drug-likeness (QED) is 0.725. The van der Waals surface area contributed by atoms with E-state index in [0.29, 0.717) is 29.2 Å². The highest BCUT2D eigenvalue weighted by atomic mass is 35.5. The number of amides is 1. The Morgan fingerprint density at radius 1 is 1.25 bits per heavy atom. The minimum Gasteiger partial charge on any atom is -0.339 e. The van der Waals surface area contributed by atoms with E-state index < -0.39 is 0 Å². The predicted octanol–water partition coefficient (Wildman–Crippen LogP) is 3.77. The number of carbonyl (C=O) groups excluding carboxylic acids is 1. The fourth-order valence-corrected chi connectivity index (χ4v) is 2.99. The molecule has 0 N–H and O–H groups in total. The van der Waals surface area contributed by atoms with Crippen LogP contribution < -0.4 is 0 Å². The number of fused-ring (bicyclic) bond motifs is 1. The average Bonchev–Trinajstić information content (AvgIpc) is 2.92. The summed E-state index contributed by atoms with van der Waals surface area (Å²) >= 11 is 6.28. The molecule has 0 saturated heterocycles. The summed E-state index contributed by atoms with van der Waals surface area (Å²) in [6, 6.07) is 9.35. The van der Waals surface area contributed by atoms with Crippen LogP contribution in [0.2, 0.25) is 5.02 Å². The molecule has 0 fully saturated rings. The highest BCUT2D eigenvalue weighted by Crippen LogP contribution is 2.28. The van der Waals surface area contributed by atoms with Crippen molar-refractivity contribution in [2.24, 2.45) is 7.05 Å². The molecule has 0 aliphatic carbocycles. The second-order valence-electron chi connectivity index (χ2n) is 5.52. The van der Waals surface area contributed by atoms with E-state index in [1.165, 1.54) is 0 Å². The first-order valence-corrected chi connectivity index (χ1v) is 8.31. The summed E-state index contributed by atoms with van der Waals surface area (Å²) in [6.07, 6.45) is 1.61. The summed E-state index contributed by atoms with van der Waals surface area (Å²) in [5.41, 5.74) is 2.80. The summed E-state index contributed by atoms with van der Waals surface area (Å²) < 4.78 is 1.89. The zero-order valence-electron chi connectivity index (χ0n) is 14.0. The normalized spacial score (nSPS) is 11.0. The van der Waals surface area contributed by atoms with Gasteiger partial charge in [-0.2, -0.15) is 0 Å². The van der Waals surface area contributed by atoms with Crippen molar-refractivity contribution in [2.75, 3.05) is 13.1 Å². The topological polar surface area (TPSA) is 51.0 Å². The van der Waals surface area contributed by atoms with Crippen molar-refractivity contribution in [3.63, 3.8) is 0 Å². The monoisotopic (exact) mass is 342 g/mol. The van der Waals surface area contributed by atoms with Crippen molar-refractivity contribution < 1.29 is 4.79 Å². The van der Waals surface area contributed by atoms with Crippen molar-refractivity contribution >= 4 is 28.7 Å². The third-order valence-corrected chi connectivity index (χ3v) is 4.45. The molecule has 2 heterocycles. The van der Waals surface area contributed by atoms with Crippen molar-refractivity contribution in [3.05, 3.63) is 47.1 Å². The average molecular weight is 343 g/mol. The summed E-state index contributed by atoms with van der Waals surface area (Å²) in [6.45, 7) is 5.26. The van der Waals surface area contributed by atoms with Crippen molar-refractivity contribution in [2.45, 2.75) is 13.8 Å². The molecule has 0 atom stereocenters. The molecule has 0 aliphatic heterocycles. The van der Waals surface area contributed by atoms with Gasteiger partial charge in [-0.05, 0) is 32.0 Å². The number of benzene rings is 1. The van der Waals surface area contributed by atoms with Crippen LogP contribution >= 0.6 is 11.6 Å². The number of imidazole rings is 1. The van der Waals surface area contributed by atoms with E-state index >= 15 is 0 Å². The maximum Gasteiger partial charge on any atom is 0.255 e. The molecule has 0 saturated carbocycles. The van der Waals surface area contributed by atoms with E-state index in [0.717, 1.165) is 17.0 Å². The maximum atomic E-state index is 12.5. The predicted molar refractivity (Wildman–Crippen MR) is 96.2 cm³/mol. The van der Waals surface area contributed by atoms with Crippen LogP contribution in [0.15, 0.2) is 36.5 Å². The summed E-state index contributed by atoms with van der Waals surface area (Å²) in [7, 11) is 1.90. The van der Waals surface area contributed by atoms with E-state index in [1.54, 1.807) is 17.2 Å². The lowest BCUT2D eigenvalue weighted by Gasteiger charge is -2.18. The standard InChI is InChI=1S/C18H19ClN4O/c1-4-23(5-2)18(24)12-10-15-17(20-11-12)22(3)16(21-15)13-8-6-7-9-14(13)19/h6-11H,4-5H2,1-3H3. The molecule has 1 amide bonds. The zero-order chi connectivity index (χ0) is 17.3. The summed E-state index contributed by atoms with van der Waals surface area (Å²) in [4.78, 5) is 23.3. The Morgan fingerprint density at radius 3 is 2.62 bits per heavy atom. The van der Waals surface area contributed by atoms with Crippen LogP contribution in [0, 0.1) is 0 Å². The molecule has 5 nitrogen and oxygen atoms in total. The van der Waals surface area contributed by atoms with Crippen molar-refractivity contribution in [3.8, 4) is 11.4 Å². The smallest absolute Gasteiger partial charge is 0.255 e. The summed E-state index contributed by atoms with van der Waals surface area (Å²) in [5.74, 6) is 0.704. The van der Waals surface area contributed by atoms with Gasteiger partial charge in [0.15, 0.2) is 5.65 Å². The van der Waals surface area contributed by atoms with Crippen LogP contribution in [0.4, 0.5) is 0 Å².